The second-order valence-electron chi connectivity index (χ2n) is 11.2. The van der Waals surface area contributed by atoms with Crippen LogP contribution in [0.2, 0.25) is 0 Å². The first-order valence-corrected chi connectivity index (χ1v) is 12.7. The Morgan fingerprint density at radius 1 is 1.28 bits per heavy atom. The van der Waals surface area contributed by atoms with Gasteiger partial charge in [-0.25, -0.2) is 0 Å². The molecule has 11 heteroatoms. The zero-order chi connectivity index (χ0) is 26.6. The Bertz CT molecular complexity index is 889. The minimum Gasteiger partial charge on any atom is -0.459 e. The largest absolute Gasteiger partial charge is 0.459 e. The van der Waals surface area contributed by atoms with Crippen molar-refractivity contribution in [3.05, 3.63) is 11.6 Å². The van der Waals surface area contributed by atoms with E-state index in [0.29, 0.717) is 6.42 Å². The standard InChI is InChI=1S/C25H40O8S.2Ac/c1-13-10-22(5,6)25(30,11-17(13)33-34-8)21(32-16(4)27)19-23(7,20(28)15(3)26)14(2)9-18-24(19,29)12-31-18;;/h10,14-15,17-19,21,26,29-30H,9,11-12H2,1-8H3;;/t14-,15+,17-,18+,19-,21-,23+,24-,25+;;/m0../s1/i8T;;. The maximum Gasteiger partial charge on any atom is 0.303 e. The molecule has 2 aliphatic carbocycles. The van der Waals surface area contributed by atoms with E-state index in [4.69, 9.17) is 15.0 Å². The molecule has 200 valence electrons. The third kappa shape index (κ3) is 5.93. The number of hydrogen-bond donors (Lipinski definition) is 3. The van der Waals surface area contributed by atoms with Crippen LogP contribution in [0.5, 0.6) is 0 Å². The van der Waals surface area contributed by atoms with Crippen molar-refractivity contribution in [2.45, 2.75) is 96.9 Å². The Labute approximate surface area is 292 Å². The molecule has 0 aromatic heterocycles. The SMILES string of the molecule is [3H]CSO[C@H]1C[C@@](O)([C@@H](OC(C)=O)[C@@H]2[C@]3(O)CO[C@@H]3C[C@H](C)[C@@]2(C)C(=O)[C@@H](C)O)C(C)(C)C=C1C.[Ac].[Ac]. The Morgan fingerprint density at radius 3 is 2.36 bits per heavy atom. The van der Waals surface area contributed by atoms with Crippen molar-refractivity contribution in [1.29, 1.82) is 0 Å². The molecule has 0 aromatic carbocycles. The number of rotatable bonds is 7. The van der Waals surface area contributed by atoms with Gasteiger partial charge in [-0.05, 0) is 43.8 Å². The molecule has 2 fully saturated rings. The molecule has 2 radical (unpaired) electrons. The molecule has 1 aliphatic heterocycles. The van der Waals surface area contributed by atoms with Crippen molar-refractivity contribution in [1.82, 2.24) is 0 Å². The van der Waals surface area contributed by atoms with E-state index in [1.54, 1.807) is 6.92 Å². The monoisotopic (exact) mass is 956 g/mol. The van der Waals surface area contributed by atoms with E-state index in [1.165, 1.54) is 13.8 Å². The molecule has 1 heterocycles. The van der Waals surface area contributed by atoms with E-state index in [2.05, 4.69) is 0 Å². The van der Waals surface area contributed by atoms with Crippen molar-refractivity contribution in [2.24, 2.45) is 22.7 Å². The fraction of sp³-hybridized carbons (Fsp3) is 0.840. The summed E-state index contributed by atoms with van der Waals surface area (Å²) in [7, 11) is 0. The maximum atomic E-state index is 13.6. The quantitative estimate of drug-likeness (QED) is 0.201. The molecule has 1 saturated heterocycles. The summed E-state index contributed by atoms with van der Waals surface area (Å²) in [6.07, 6.45) is -1.53. The molecule has 0 unspecified atom stereocenters. The van der Waals surface area contributed by atoms with Crippen molar-refractivity contribution >= 4 is 23.8 Å². The second kappa shape index (κ2) is 12.8. The van der Waals surface area contributed by atoms with Crippen molar-refractivity contribution < 1.29 is 128 Å². The molecule has 3 aliphatic rings. The first-order chi connectivity index (χ1) is 16.1. The van der Waals surface area contributed by atoms with Crippen LogP contribution < -0.4 is 0 Å². The van der Waals surface area contributed by atoms with E-state index >= 15 is 0 Å². The molecule has 3 rings (SSSR count). The maximum absolute atomic E-state index is 13.6. The van der Waals surface area contributed by atoms with Gasteiger partial charge in [0.05, 0.1) is 18.8 Å². The smallest absolute Gasteiger partial charge is 0.303 e. The van der Waals surface area contributed by atoms with E-state index < -0.39 is 64.1 Å². The van der Waals surface area contributed by atoms with Gasteiger partial charge in [-0.1, -0.05) is 33.8 Å². The summed E-state index contributed by atoms with van der Waals surface area (Å²) in [5.74, 6) is -2.53. The Morgan fingerprint density at radius 2 is 1.89 bits per heavy atom. The summed E-state index contributed by atoms with van der Waals surface area (Å²) in [5.41, 5.74) is -4.68. The van der Waals surface area contributed by atoms with Gasteiger partial charge in [-0.2, -0.15) is 0 Å². The number of fused-ring (bicyclic) bond motifs is 1. The average Bonchev–Trinajstić information content (AvgIpc) is 2.75. The van der Waals surface area contributed by atoms with Crippen molar-refractivity contribution in [3.63, 3.8) is 0 Å². The van der Waals surface area contributed by atoms with Crippen LogP contribution in [0.4, 0.5) is 0 Å². The third-order valence-electron chi connectivity index (χ3n) is 8.72. The third-order valence-corrected chi connectivity index (χ3v) is 9.09. The molecule has 8 nitrogen and oxygen atoms in total. The fourth-order valence-corrected chi connectivity index (χ4v) is 6.92. The van der Waals surface area contributed by atoms with Gasteiger partial charge in [0.1, 0.15) is 23.4 Å². The summed E-state index contributed by atoms with van der Waals surface area (Å²) in [4.78, 5) is 26.0. The molecular weight excluding hydrogens is 914 g/mol. The van der Waals surface area contributed by atoms with Gasteiger partial charge < -0.3 is 29.0 Å². The van der Waals surface area contributed by atoms with Crippen LogP contribution in [-0.2, 0) is 23.2 Å². The molecule has 0 aromatic rings. The zero-order valence-corrected chi connectivity index (χ0v) is 32.6. The summed E-state index contributed by atoms with van der Waals surface area (Å²) < 4.78 is 24.8. The summed E-state index contributed by atoms with van der Waals surface area (Å²) in [6.45, 7) is 11.6. The van der Waals surface area contributed by atoms with Gasteiger partial charge in [0.25, 0.3) is 0 Å². The number of ether oxygens (including phenoxy) is 2. The van der Waals surface area contributed by atoms with E-state index in [1.807, 2.05) is 33.8 Å². The van der Waals surface area contributed by atoms with Gasteiger partial charge in [0.15, 0.2) is 5.78 Å². The Hall–Kier alpha value is 1.91. The summed E-state index contributed by atoms with van der Waals surface area (Å²) in [5, 5.41) is 34.7. The first kappa shape index (κ1) is 34.1. The number of carbonyl (C=O) groups is 2. The van der Waals surface area contributed by atoms with Gasteiger partial charge in [0, 0.05) is 126 Å². The number of ketones is 1. The molecule has 0 bridgehead atoms. The van der Waals surface area contributed by atoms with Crippen LogP contribution in [0.25, 0.3) is 0 Å². The van der Waals surface area contributed by atoms with Crippen LogP contribution in [-0.4, -0.2) is 75.5 Å². The number of aliphatic hydroxyl groups is 3. The predicted octanol–water partition coefficient (Wildman–Crippen LogP) is 2.43. The minimum atomic E-state index is -1.75. The molecule has 36 heavy (non-hydrogen) atoms. The number of aliphatic hydroxyl groups excluding tert-OH is 1. The fourth-order valence-electron chi connectivity index (χ4n) is 6.54. The first-order valence-electron chi connectivity index (χ1n) is 12.5. The summed E-state index contributed by atoms with van der Waals surface area (Å²) >= 11 is 0.951. The van der Waals surface area contributed by atoms with Crippen LogP contribution in [0, 0.1) is 111 Å². The second-order valence-corrected chi connectivity index (χ2v) is 11.6. The molecule has 0 amide bonds. The van der Waals surface area contributed by atoms with Gasteiger partial charge in [-0.3, -0.25) is 9.59 Å². The van der Waals surface area contributed by atoms with Gasteiger partial charge in [0.2, 0.25) is 0 Å². The minimum absolute atomic E-state index is 0. The topological polar surface area (TPSA) is 123 Å². The number of Topliss-reactive ketones (excluding diaryl/α,β-unsaturated/α-hetero) is 1. The number of hydrogen-bond acceptors (Lipinski definition) is 9. The molecule has 0 spiro atoms. The van der Waals surface area contributed by atoms with Gasteiger partial charge >= 0.3 is 5.97 Å². The molecule has 9 atom stereocenters. The molecule has 1 saturated carbocycles. The molecular formula is C25H40Ac2O8S. The zero-order valence-electron chi connectivity index (χ0n) is 23.3. The van der Waals surface area contributed by atoms with E-state index in [0.717, 1.165) is 17.6 Å². The average molecular weight is 957 g/mol. The normalized spacial score (nSPS) is 41.1. The van der Waals surface area contributed by atoms with Crippen LogP contribution in [0.15, 0.2) is 11.6 Å². The van der Waals surface area contributed by atoms with Crippen molar-refractivity contribution in [2.75, 3.05) is 12.8 Å². The van der Waals surface area contributed by atoms with Crippen molar-refractivity contribution in [3.8, 4) is 0 Å². The van der Waals surface area contributed by atoms with Crippen LogP contribution >= 0.6 is 12.0 Å². The van der Waals surface area contributed by atoms with E-state index in [9.17, 15) is 24.9 Å². The number of esters is 1. The predicted molar refractivity (Wildman–Crippen MR) is 128 cm³/mol. The van der Waals surface area contributed by atoms with Crippen LogP contribution in [0.1, 0.15) is 62.7 Å². The Kier molecular flexibility index (Phi) is 12.2. The van der Waals surface area contributed by atoms with Gasteiger partial charge in [-0.15, -0.1) is 0 Å². The molecule has 3 N–H and O–H groups in total. The Balaban J connectivity index is 0.00000342. The number of carbonyl (C=O) groups excluding carboxylic acids is 2. The van der Waals surface area contributed by atoms with E-state index in [-0.39, 0.29) is 113 Å². The van der Waals surface area contributed by atoms with Crippen LogP contribution in [0.3, 0.4) is 0 Å². The summed E-state index contributed by atoms with van der Waals surface area (Å²) in [6, 6.07) is 0.